The number of thioether (sulfide) groups is 1. The van der Waals surface area contributed by atoms with Gasteiger partial charge in [0.25, 0.3) is 0 Å². The number of nitrogens with zero attached hydrogens (tertiary/aromatic N) is 4. The maximum Gasteiger partial charge on any atom is 0.417 e. The second-order valence-electron chi connectivity index (χ2n) is 12.8. The molecule has 9 heteroatoms. The molecule has 1 aromatic heterocycles. The molecule has 3 atom stereocenters. The molecule has 1 amide bonds. The van der Waals surface area contributed by atoms with Crippen molar-refractivity contribution in [2.45, 2.75) is 118 Å². The molecule has 0 N–H and O–H groups in total. The zero-order chi connectivity index (χ0) is 33.6. The van der Waals surface area contributed by atoms with Crippen LogP contribution in [0.5, 0.6) is 0 Å². The molecule has 0 aromatic carbocycles. The number of fused-ring (bicyclic) bond motifs is 2. The fourth-order valence-electron chi connectivity index (χ4n) is 7.30. The lowest BCUT2D eigenvalue weighted by molar-refractivity contribution is -0.144. The van der Waals surface area contributed by atoms with Gasteiger partial charge in [0.15, 0.2) is 0 Å². The van der Waals surface area contributed by atoms with E-state index < -0.39 is 11.7 Å². The standard InChI is InChI=1S/C19H23F3N2O.C9H16N2S.C8H18/c1-12-7-14-3-2-5-18(14,9-12)17(25)24-6-4-16-13(11-24)8-15(10-23-16)19(20,21)22;1-5-7-8(10-3)9(11-4)12-6-2;1-4-6-8(3)7-5-2/h8,10,12,14H,2-7,9,11H2,1H3;5,7H,6H2,1-4H3;8H,4-7H2,1-3H3/b;7-5-,10-8?,11-9?;. The summed E-state index contributed by atoms with van der Waals surface area (Å²) in [5, 5.41) is 1.01. The average molecular weight is 651 g/mol. The van der Waals surface area contributed by atoms with Crippen LogP contribution in [0.1, 0.15) is 116 Å². The monoisotopic (exact) mass is 650 g/mol. The lowest BCUT2D eigenvalue weighted by atomic mass is 9.78. The molecule has 0 radical (unpaired) electrons. The maximum absolute atomic E-state index is 13.3. The first kappa shape index (κ1) is 39.0. The van der Waals surface area contributed by atoms with Crippen LogP contribution in [0.15, 0.2) is 34.4 Å². The van der Waals surface area contributed by atoms with Gasteiger partial charge in [-0.2, -0.15) is 13.2 Å². The molecule has 45 heavy (non-hydrogen) atoms. The molecule has 254 valence electrons. The molecule has 2 aliphatic carbocycles. The van der Waals surface area contributed by atoms with Crippen LogP contribution in [0.2, 0.25) is 0 Å². The van der Waals surface area contributed by atoms with Crippen molar-refractivity contribution < 1.29 is 18.0 Å². The third kappa shape index (κ3) is 11.0. The number of aliphatic imine (C=N–C) groups is 2. The third-order valence-corrected chi connectivity index (χ3v) is 10.2. The first-order valence-electron chi connectivity index (χ1n) is 16.9. The van der Waals surface area contributed by atoms with Gasteiger partial charge >= 0.3 is 6.18 Å². The number of alkyl halides is 3. The van der Waals surface area contributed by atoms with E-state index in [1.807, 2.05) is 19.1 Å². The van der Waals surface area contributed by atoms with E-state index in [0.29, 0.717) is 36.1 Å². The van der Waals surface area contributed by atoms with Gasteiger partial charge in [-0.1, -0.05) is 72.8 Å². The number of carbonyl (C=O) groups excluding carboxylic acids is 1. The lowest BCUT2D eigenvalue weighted by Crippen LogP contribution is -2.46. The fourth-order valence-corrected chi connectivity index (χ4v) is 8.01. The molecule has 0 spiro atoms. The maximum atomic E-state index is 13.3. The predicted octanol–water partition coefficient (Wildman–Crippen LogP) is 9.84. The van der Waals surface area contributed by atoms with Crippen LogP contribution in [0.3, 0.4) is 0 Å². The second kappa shape index (κ2) is 18.9. The minimum Gasteiger partial charge on any atom is -0.337 e. The molecular weight excluding hydrogens is 593 g/mol. The summed E-state index contributed by atoms with van der Waals surface area (Å²) in [5.74, 6) is 3.18. The van der Waals surface area contributed by atoms with Crippen molar-refractivity contribution in [3.05, 3.63) is 41.2 Å². The Labute approximate surface area is 275 Å². The van der Waals surface area contributed by atoms with Gasteiger partial charge in [0.2, 0.25) is 5.91 Å². The summed E-state index contributed by atoms with van der Waals surface area (Å²) in [6, 6.07) is 1.17. The number of halogens is 3. The van der Waals surface area contributed by atoms with E-state index in [4.69, 9.17) is 0 Å². The molecular formula is C36H57F3N4OS. The summed E-state index contributed by atoms with van der Waals surface area (Å²) < 4.78 is 38.9. The van der Waals surface area contributed by atoms with Crippen molar-refractivity contribution in [3.8, 4) is 0 Å². The quantitative estimate of drug-likeness (QED) is 0.208. The molecule has 4 rings (SSSR count). The number of allylic oxidation sites excluding steroid dienone is 2. The molecule has 2 fully saturated rings. The van der Waals surface area contributed by atoms with Crippen molar-refractivity contribution in [2.24, 2.45) is 33.2 Å². The number of carbonyl (C=O) groups is 1. The highest BCUT2D eigenvalue weighted by Crippen LogP contribution is 2.57. The Morgan fingerprint density at radius 2 is 1.89 bits per heavy atom. The van der Waals surface area contributed by atoms with Gasteiger partial charge in [0.1, 0.15) is 5.04 Å². The lowest BCUT2D eigenvalue weighted by Gasteiger charge is -2.37. The second-order valence-corrected chi connectivity index (χ2v) is 14.1. The van der Waals surface area contributed by atoms with Crippen molar-refractivity contribution in [2.75, 3.05) is 26.4 Å². The van der Waals surface area contributed by atoms with Crippen LogP contribution in [0.25, 0.3) is 0 Å². The van der Waals surface area contributed by atoms with E-state index in [2.05, 4.69) is 49.6 Å². The Balaban J connectivity index is 0.000000295. The Bertz CT molecular complexity index is 1160. The Morgan fingerprint density at radius 1 is 1.20 bits per heavy atom. The van der Waals surface area contributed by atoms with Crippen LogP contribution in [0, 0.1) is 23.2 Å². The van der Waals surface area contributed by atoms with E-state index in [1.165, 1.54) is 31.7 Å². The number of pyridine rings is 1. The summed E-state index contributed by atoms with van der Waals surface area (Å²) in [6.07, 6.45) is 11.7. The van der Waals surface area contributed by atoms with Gasteiger partial charge in [0.05, 0.1) is 16.7 Å². The molecule has 2 heterocycles. The van der Waals surface area contributed by atoms with Gasteiger partial charge in [-0.25, -0.2) is 0 Å². The summed E-state index contributed by atoms with van der Waals surface area (Å²) in [5.41, 5.74) is 1.22. The first-order chi connectivity index (χ1) is 21.4. The highest BCUT2D eigenvalue weighted by molar-refractivity contribution is 8.15. The fraction of sp³-hybridized carbons (Fsp3) is 0.722. The van der Waals surface area contributed by atoms with Crippen molar-refractivity contribution in [3.63, 3.8) is 0 Å². The van der Waals surface area contributed by atoms with Crippen molar-refractivity contribution >= 4 is 28.4 Å². The number of rotatable bonds is 8. The normalized spacial score (nSPS) is 23.3. The molecule has 0 bridgehead atoms. The summed E-state index contributed by atoms with van der Waals surface area (Å²) in [4.78, 5) is 27.4. The van der Waals surface area contributed by atoms with Crippen LogP contribution in [-0.2, 0) is 23.9 Å². The van der Waals surface area contributed by atoms with Crippen molar-refractivity contribution in [1.82, 2.24) is 9.88 Å². The van der Waals surface area contributed by atoms with Gasteiger partial charge in [-0.3, -0.25) is 19.8 Å². The largest absolute Gasteiger partial charge is 0.417 e. The highest BCUT2D eigenvalue weighted by atomic mass is 32.2. The van der Waals surface area contributed by atoms with E-state index in [-0.39, 0.29) is 17.9 Å². The molecule has 1 aliphatic heterocycles. The molecule has 0 saturated heterocycles. The first-order valence-corrected chi connectivity index (χ1v) is 17.9. The van der Waals surface area contributed by atoms with Crippen LogP contribution in [0.4, 0.5) is 13.2 Å². The van der Waals surface area contributed by atoms with E-state index in [9.17, 15) is 18.0 Å². The van der Waals surface area contributed by atoms with Crippen molar-refractivity contribution in [1.29, 1.82) is 0 Å². The van der Waals surface area contributed by atoms with Gasteiger partial charge in [-0.05, 0) is 73.8 Å². The molecule has 5 nitrogen and oxygen atoms in total. The average Bonchev–Trinajstić information content (AvgIpc) is 3.55. The zero-order valence-corrected chi connectivity index (χ0v) is 29.8. The highest BCUT2D eigenvalue weighted by Gasteiger charge is 2.55. The molecule has 1 aromatic rings. The Kier molecular flexibility index (Phi) is 16.3. The van der Waals surface area contributed by atoms with Gasteiger partial charge in [-0.15, -0.1) is 11.8 Å². The molecule has 3 aliphatic rings. The smallest absolute Gasteiger partial charge is 0.337 e. The summed E-state index contributed by atoms with van der Waals surface area (Å²) in [7, 11) is 3.59. The topological polar surface area (TPSA) is 57.9 Å². The van der Waals surface area contributed by atoms with Crippen LogP contribution < -0.4 is 0 Å². The van der Waals surface area contributed by atoms with Gasteiger partial charge in [0, 0.05) is 45.5 Å². The minimum atomic E-state index is -4.40. The molecule has 3 unspecified atom stereocenters. The number of hydrogen-bond acceptors (Lipinski definition) is 5. The Morgan fingerprint density at radius 3 is 2.44 bits per heavy atom. The third-order valence-electron chi connectivity index (χ3n) is 9.27. The molecule has 2 saturated carbocycles. The Hall–Kier alpha value is -2.16. The predicted molar refractivity (Wildman–Crippen MR) is 185 cm³/mol. The number of hydrogen-bond donors (Lipinski definition) is 0. The zero-order valence-electron chi connectivity index (χ0n) is 29.0. The number of amides is 1. The SMILES string of the molecule is C/C=C\C(=NC)C(=NC)SCC.CC1CC2CCCC2(C(=O)N2CCc3ncc(C(F)(F)F)cc3C2)C1.CCCC(C)CCC. The number of aromatic nitrogens is 1. The van der Waals surface area contributed by atoms with E-state index in [0.717, 1.165) is 60.7 Å². The minimum absolute atomic E-state index is 0.169. The van der Waals surface area contributed by atoms with E-state index in [1.54, 1.807) is 30.8 Å². The van der Waals surface area contributed by atoms with Crippen LogP contribution >= 0.6 is 11.8 Å². The van der Waals surface area contributed by atoms with E-state index >= 15 is 0 Å². The van der Waals surface area contributed by atoms with Gasteiger partial charge < -0.3 is 4.90 Å². The summed E-state index contributed by atoms with van der Waals surface area (Å²) >= 11 is 1.72. The summed E-state index contributed by atoms with van der Waals surface area (Å²) in [6.45, 7) is 14.0. The van der Waals surface area contributed by atoms with Crippen LogP contribution in [-0.4, -0.2) is 52.9 Å².